The lowest BCUT2D eigenvalue weighted by atomic mass is 9.95. The number of hydrogen-bond acceptors (Lipinski definition) is 7. The number of nitro groups is 1. The summed E-state index contributed by atoms with van der Waals surface area (Å²) in [6, 6.07) is 24.8. The molecule has 1 N–H and O–H groups in total. The number of allylic oxidation sites excluding steroid dienone is 1. The highest BCUT2D eigenvalue weighted by atomic mass is 35.5. The van der Waals surface area contributed by atoms with E-state index >= 15 is 0 Å². The van der Waals surface area contributed by atoms with E-state index in [9.17, 15) is 19.7 Å². The van der Waals surface area contributed by atoms with E-state index in [4.69, 9.17) is 16.0 Å². The number of para-hydroxylation sites is 2. The Bertz CT molecular complexity index is 2060. The summed E-state index contributed by atoms with van der Waals surface area (Å²) >= 11 is 7.32. The number of halogens is 1. The average Bonchev–Trinajstić information content (AvgIpc) is 3.57. The van der Waals surface area contributed by atoms with Gasteiger partial charge in [0.1, 0.15) is 11.5 Å². The Morgan fingerprint density at radius 3 is 2.50 bits per heavy atom. The van der Waals surface area contributed by atoms with Crippen LogP contribution in [0.3, 0.4) is 0 Å². The number of nitrogens with zero attached hydrogens (tertiary/aromatic N) is 3. The van der Waals surface area contributed by atoms with Gasteiger partial charge < -0.3 is 9.73 Å². The van der Waals surface area contributed by atoms with Gasteiger partial charge in [-0.05, 0) is 55.0 Å². The van der Waals surface area contributed by atoms with E-state index in [0.717, 1.165) is 11.3 Å². The molecule has 42 heavy (non-hydrogen) atoms. The van der Waals surface area contributed by atoms with Crippen LogP contribution in [0.25, 0.3) is 17.4 Å². The summed E-state index contributed by atoms with van der Waals surface area (Å²) in [6.07, 6.45) is 1.57. The molecule has 0 spiro atoms. The maximum atomic E-state index is 13.9. The number of amides is 1. The van der Waals surface area contributed by atoms with Crippen LogP contribution in [-0.4, -0.2) is 15.4 Å². The molecule has 11 heteroatoms. The molecule has 6 rings (SSSR count). The summed E-state index contributed by atoms with van der Waals surface area (Å²) < 4.78 is 7.73. The second kappa shape index (κ2) is 11.1. The number of nitrogens with one attached hydrogen (secondary N) is 1. The van der Waals surface area contributed by atoms with Crippen molar-refractivity contribution >= 4 is 46.3 Å². The van der Waals surface area contributed by atoms with Crippen molar-refractivity contribution in [3.8, 4) is 11.3 Å². The van der Waals surface area contributed by atoms with Crippen LogP contribution in [0.15, 0.2) is 116 Å². The van der Waals surface area contributed by atoms with Crippen molar-refractivity contribution in [1.29, 1.82) is 0 Å². The Kier molecular flexibility index (Phi) is 7.15. The van der Waals surface area contributed by atoms with E-state index in [1.807, 2.05) is 18.2 Å². The molecule has 1 unspecified atom stereocenters. The number of carbonyl (C=O) groups excluding carboxylic acids is 1. The molecule has 208 valence electrons. The zero-order valence-corrected chi connectivity index (χ0v) is 23.6. The zero-order chi connectivity index (χ0) is 29.4. The molecule has 3 heterocycles. The fraction of sp³-hybridized carbons (Fsp3) is 0.0645. The fourth-order valence-electron chi connectivity index (χ4n) is 4.84. The van der Waals surface area contributed by atoms with Gasteiger partial charge in [0, 0.05) is 22.9 Å². The number of rotatable bonds is 6. The Hall–Kier alpha value is -5.06. The van der Waals surface area contributed by atoms with Crippen LogP contribution in [0, 0.1) is 10.1 Å². The number of carbonyl (C=O) groups is 1. The van der Waals surface area contributed by atoms with E-state index in [1.165, 1.54) is 10.6 Å². The van der Waals surface area contributed by atoms with Crippen molar-refractivity contribution < 1.29 is 14.1 Å². The lowest BCUT2D eigenvalue weighted by molar-refractivity contribution is -0.384. The van der Waals surface area contributed by atoms with Crippen LogP contribution in [-0.2, 0) is 4.79 Å². The molecule has 9 nitrogen and oxygen atoms in total. The van der Waals surface area contributed by atoms with Crippen LogP contribution in [0.4, 0.5) is 11.4 Å². The van der Waals surface area contributed by atoms with E-state index in [-0.39, 0.29) is 17.2 Å². The molecule has 0 fully saturated rings. The fourth-order valence-corrected chi connectivity index (χ4v) is 5.99. The number of fused-ring (bicyclic) bond motifs is 1. The van der Waals surface area contributed by atoms with Crippen LogP contribution >= 0.6 is 22.9 Å². The van der Waals surface area contributed by atoms with Gasteiger partial charge in [0.15, 0.2) is 4.80 Å². The highest BCUT2D eigenvalue weighted by Crippen LogP contribution is 2.32. The monoisotopic (exact) mass is 596 g/mol. The minimum absolute atomic E-state index is 0.0856. The molecular weight excluding hydrogens is 576 g/mol. The number of furan rings is 1. The largest absolute Gasteiger partial charge is 0.456 e. The number of thiazole rings is 1. The molecule has 0 saturated heterocycles. The molecule has 2 aromatic heterocycles. The van der Waals surface area contributed by atoms with Crippen LogP contribution in [0.1, 0.15) is 24.3 Å². The van der Waals surface area contributed by atoms with Crippen molar-refractivity contribution in [3.63, 3.8) is 0 Å². The SMILES string of the molecule is CC1=C(C(=O)Nc2ccccc2)C(c2ccc(Cl)cc2)n2c(s/c(=C\c3ccc(-c4ccccc4[N+](=O)[O-])o3)c2=O)=N1. The van der Waals surface area contributed by atoms with Gasteiger partial charge >= 0.3 is 0 Å². The topological polar surface area (TPSA) is 120 Å². The molecule has 0 bridgehead atoms. The van der Waals surface area contributed by atoms with Gasteiger partial charge in [-0.2, -0.15) is 0 Å². The van der Waals surface area contributed by atoms with E-state index in [1.54, 1.807) is 79.7 Å². The Labute approximate surface area is 247 Å². The van der Waals surface area contributed by atoms with Crippen molar-refractivity contribution in [3.05, 3.63) is 148 Å². The molecule has 0 radical (unpaired) electrons. The van der Waals surface area contributed by atoms with Crippen molar-refractivity contribution in [2.75, 3.05) is 5.32 Å². The summed E-state index contributed by atoms with van der Waals surface area (Å²) in [5, 5.41) is 14.9. The quantitative estimate of drug-likeness (QED) is 0.199. The van der Waals surface area contributed by atoms with Crippen LogP contribution in [0.2, 0.25) is 5.02 Å². The van der Waals surface area contributed by atoms with E-state index in [0.29, 0.717) is 54.0 Å². The predicted molar refractivity (Wildman–Crippen MR) is 161 cm³/mol. The average molecular weight is 597 g/mol. The smallest absolute Gasteiger partial charge is 0.280 e. The summed E-state index contributed by atoms with van der Waals surface area (Å²) in [5.74, 6) is 0.266. The van der Waals surface area contributed by atoms with Crippen LogP contribution in [0.5, 0.6) is 0 Å². The first-order valence-corrected chi connectivity index (χ1v) is 14.0. The molecule has 1 amide bonds. The first kappa shape index (κ1) is 27.1. The highest BCUT2D eigenvalue weighted by Gasteiger charge is 2.32. The van der Waals surface area contributed by atoms with Gasteiger partial charge in [-0.15, -0.1) is 0 Å². The number of nitro benzene ring substituents is 1. The summed E-state index contributed by atoms with van der Waals surface area (Å²) in [5.41, 5.74) is 2.00. The van der Waals surface area contributed by atoms with E-state index in [2.05, 4.69) is 10.3 Å². The lowest BCUT2D eigenvalue weighted by Crippen LogP contribution is -2.40. The van der Waals surface area contributed by atoms with Crippen molar-refractivity contribution in [2.45, 2.75) is 13.0 Å². The van der Waals surface area contributed by atoms with E-state index < -0.39 is 11.0 Å². The molecule has 1 aliphatic heterocycles. The number of aromatic nitrogens is 1. The summed E-state index contributed by atoms with van der Waals surface area (Å²) in [4.78, 5) is 43.6. The third-order valence-electron chi connectivity index (χ3n) is 6.75. The lowest BCUT2D eigenvalue weighted by Gasteiger charge is -2.25. The van der Waals surface area contributed by atoms with Gasteiger partial charge in [0.25, 0.3) is 17.2 Å². The molecule has 3 aromatic carbocycles. The normalized spacial score (nSPS) is 14.8. The molecule has 1 atom stereocenters. The Balaban J connectivity index is 1.45. The van der Waals surface area contributed by atoms with Gasteiger partial charge in [-0.1, -0.05) is 65.4 Å². The molecule has 0 aliphatic carbocycles. The number of hydrogen-bond donors (Lipinski definition) is 1. The van der Waals surface area contributed by atoms with Gasteiger partial charge in [-0.3, -0.25) is 24.3 Å². The summed E-state index contributed by atoms with van der Waals surface area (Å²) in [6.45, 7) is 1.74. The van der Waals surface area contributed by atoms with Crippen molar-refractivity contribution in [1.82, 2.24) is 4.57 Å². The van der Waals surface area contributed by atoms with Crippen molar-refractivity contribution in [2.24, 2.45) is 4.99 Å². The third-order valence-corrected chi connectivity index (χ3v) is 7.98. The van der Waals surface area contributed by atoms with Gasteiger partial charge in [0.05, 0.1) is 32.3 Å². The van der Waals surface area contributed by atoms with Gasteiger partial charge in [-0.25, -0.2) is 4.99 Å². The van der Waals surface area contributed by atoms with Crippen LogP contribution < -0.4 is 20.2 Å². The highest BCUT2D eigenvalue weighted by molar-refractivity contribution is 7.07. The standard InChI is InChI=1S/C31H21ClN4O5S/c1-18-27(29(37)34-21-7-3-2-4-8-21)28(19-11-13-20(32)14-12-19)35-30(38)26(42-31(35)33-18)17-22-15-16-25(41-22)23-9-5-6-10-24(23)36(39)40/h2-17,28H,1H3,(H,34,37)/b26-17-. The maximum Gasteiger partial charge on any atom is 0.280 e. The summed E-state index contributed by atoms with van der Waals surface area (Å²) in [7, 11) is 0. The molecular formula is C31H21ClN4O5S. The first-order chi connectivity index (χ1) is 20.3. The Morgan fingerprint density at radius 2 is 1.76 bits per heavy atom. The predicted octanol–water partition coefficient (Wildman–Crippen LogP) is 5.70. The minimum atomic E-state index is -0.761. The second-order valence-corrected chi connectivity index (χ2v) is 10.9. The Morgan fingerprint density at radius 1 is 1.05 bits per heavy atom. The minimum Gasteiger partial charge on any atom is -0.456 e. The first-order valence-electron chi connectivity index (χ1n) is 12.8. The number of anilines is 1. The zero-order valence-electron chi connectivity index (χ0n) is 22.0. The number of benzene rings is 3. The molecule has 0 saturated carbocycles. The molecule has 5 aromatic rings. The maximum absolute atomic E-state index is 13.9. The second-order valence-electron chi connectivity index (χ2n) is 9.43. The van der Waals surface area contributed by atoms with Gasteiger partial charge in [0.2, 0.25) is 0 Å². The third kappa shape index (κ3) is 5.09. The molecule has 1 aliphatic rings.